The molecule has 0 atom stereocenters. The number of aliphatic imine (C=N–C) groups is 1. The lowest BCUT2D eigenvalue weighted by Gasteiger charge is -2.16. The molecule has 0 saturated heterocycles. The van der Waals surface area contributed by atoms with Crippen molar-refractivity contribution in [1.82, 2.24) is 0 Å². The maximum atomic E-state index is 5.69. The summed E-state index contributed by atoms with van der Waals surface area (Å²) in [5, 5.41) is 0. The fourth-order valence-electron chi connectivity index (χ4n) is 2.91. The van der Waals surface area contributed by atoms with Crippen LogP contribution in [0.4, 0.5) is 5.69 Å². The average Bonchev–Trinajstić information content (AvgIpc) is 2.69. The van der Waals surface area contributed by atoms with Crippen LogP contribution < -0.4 is 4.74 Å². The van der Waals surface area contributed by atoms with Gasteiger partial charge in [0.05, 0.1) is 25.5 Å². The fraction of sp³-hybridized carbons (Fsp3) is 0.458. The largest absolute Gasteiger partial charge is 0.491 e. The van der Waals surface area contributed by atoms with Crippen molar-refractivity contribution in [2.24, 2.45) is 4.99 Å². The van der Waals surface area contributed by atoms with Crippen molar-refractivity contribution < 1.29 is 14.2 Å². The van der Waals surface area contributed by atoms with E-state index in [1.165, 1.54) is 11.1 Å². The van der Waals surface area contributed by atoms with Gasteiger partial charge in [-0.15, -0.1) is 0 Å². The van der Waals surface area contributed by atoms with Crippen molar-refractivity contribution in [3.63, 3.8) is 0 Å². The van der Waals surface area contributed by atoms with Gasteiger partial charge in [-0.25, -0.2) is 0 Å². The Kier molecular flexibility index (Phi) is 9.18. The molecule has 0 aliphatic carbocycles. The molecule has 0 spiro atoms. The highest BCUT2D eigenvalue weighted by Gasteiger charge is 2.12. The van der Waals surface area contributed by atoms with Gasteiger partial charge in [0.25, 0.3) is 0 Å². The van der Waals surface area contributed by atoms with Gasteiger partial charge in [-0.2, -0.15) is 0 Å². The summed E-state index contributed by atoms with van der Waals surface area (Å²) < 4.78 is 16.0. The minimum Gasteiger partial charge on any atom is -0.491 e. The van der Waals surface area contributed by atoms with E-state index in [1.54, 1.807) is 7.11 Å². The van der Waals surface area contributed by atoms with Crippen molar-refractivity contribution in [3.05, 3.63) is 59.2 Å². The summed E-state index contributed by atoms with van der Waals surface area (Å²) in [6, 6.07) is 14.5. The summed E-state index contributed by atoms with van der Waals surface area (Å²) >= 11 is 0. The highest BCUT2D eigenvalue weighted by atomic mass is 16.5. The molecule has 0 N–H and O–H groups in total. The summed E-state index contributed by atoms with van der Waals surface area (Å²) in [4.78, 5) is 4.85. The van der Waals surface area contributed by atoms with Gasteiger partial charge in [0.15, 0.2) is 0 Å². The van der Waals surface area contributed by atoms with Gasteiger partial charge in [0.1, 0.15) is 12.4 Å². The molecule has 0 bridgehead atoms. The van der Waals surface area contributed by atoms with Gasteiger partial charge in [0.2, 0.25) is 0 Å². The monoisotopic (exact) mass is 383 g/mol. The minimum atomic E-state index is 0.438. The van der Waals surface area contributed by atoms with Gasteiger partial charge in [-0.05, 0) is 52.8 Å². The van der Waals surface area contributed by atoms with Crippen LogP contribution in [-0.4, -0.2) is 39.8 Å². The number of methoxy groups -OCH3 is 1. The third-order valence-electron chi connectivity index (χ3n) is 4.49. The smallest absolute Gasteiger partial charge is 0.119 e. The molecule has 4 heteroatoms. The Bertz CT molecular complexity index is 710. The number of ether oxygens (including phenoxy) is 3. The average molecular weight is 384 g/mol. The summed E-state index contributed by atoms with van der Waals surface area (Å²) in [5.74, 6) is 1.71. The zero-order valence-electron chi connectivity index (χ0n) is 17.8. The van der Waals surface area contributed by atoms with E-state index in [4.69, 9.17) is 19.2 Å². The van der Waals surface area contributed by atoms with Gasteiger partial charge in [0, 0.05) is 13.3 Å². The molecule has 2 rings (SSSR count). The van der Waals surface area contributed by atoms with E-state index in [9.17, 15) is 0 Å². The van der Waals surface area contributed by atoms with Crippen molar-refractivity contribution in [2.45, 2.75) is 39.5 Å². The second-order valence-corrected chi connectivity index (χ2v) is 7.38. The molecule has 0 saturated carbocycles. The van der Waals surface area contributed by atoms with Crippen LogP contribution in [0.25, 0.3) is 0 Å². The molecule has 2 aromatic rings. The second-order valence-electron chi connectivity index (χ2n) is 7.38. The summed E-state index contributed by atoms with van der Waals surface area (Å²) in [6.07, 6.45) is 1.94. The number of para-hydroxylation sites is 1. The Labute approximate surface area is 169 Å². The molecule has 152 valence electrons. The van der Waals surface area contributed by atoms with Crippen LogP contribution in [0.5, 0.6) is 5.75 Å². The summed E-state index contributed by atoms with van der Waals surface area (Å²) in [5.41, 5.74) is 4.73. The van der Waals surface area contributed by atoms with Crippen LogP contribution in [0.15, 0.2) is 47.5 Å². The maximum absolute atomic E-state index is 5.69. The summed E-state index contributed by atoms with van der Waals surface area (Å²) in [6.45, 7) is 11.1. The van der Waals surface area contributed by atoms with Gasteiger partial charge in [-0.1, -0.05) is 45.9 Å². The molecule has 0 unspecified atom stereocenters. The number of rotatable bonds is 11. The number of hydrogen-bond donors (Lipinski definition) is 0. The lowest BCUT2D eigenvalue weighted by atomic mass is 9.93. The Morgan fingerprint density at radius 1 is 0.821 bits per heavy atom. The molecular weight excluding hydrogens is 350 g/mol. The number of nitrogens with zero attached hydrogens (tertiary/aromatic N) is 1. The first-order valence-corrected chi connectivity index (χ1v) is 9.99. The SMILES string of the molecule is COCCOCCOc1ccc(C=Nc2c(C(C)C)cccc2C(C)C)cc1. The highest BCUT2D eigenvalue weighted by molar-refractivity contribution is 5.83. The first-order valence-electron chi connectivity index (χ1n) is 9.99. The van der Waals surface area contributed by atoms with Crippen molar-refractivity contribution in [1.29, 1.82) is 0 Å². The quantitative estimate of drug-likeness (QED) is 0.368. The molecule has 0 aliphatic heterocycles. The van der Waals surface area contributed by atoms with E-state index in [2.05, 4.69) is 45.9 Å². The maximum Gasteiger partial charge on any atom is 0.119 e. The van der Waals surface area contributed by atoms with Crippen molar-refractivity contribution in [2.75, 3.05) is 33.5 Å². The lowest BCUT2D eigenvalue weighted by molar-refractivity contribution is 0.0544. The van der Waals surface area contributed by atoms with E-state index in [0.717, 1.165) is 17.0 Å². The van der Waals surface area contributed by atoms with Crippen LogP contribution in [0.1, 0.15) is 56.2 Å². The van der Waals surface area contributed by atoms with Crippen LogP contribution in [0.2, 0.25) is 0 Å². The van der Waals surface area contributed by atoms with E-state index in [0.29, 0.717) is 38.3 Å². The lowest BCUT2D eigenvalue weighted by Crippen LogP contribution is -2.09. The second kappa shape index (κ2) is 11.6. The Morgan fingerprint density at radius 3 is 2.00 bits per heavy atom. The van der Waals surface area contributed by atoms with E-state index >= 15 is 0 Å². The van der Waals surface area contributed by atoms with Crippen molar-refractivity contribution >= 4 is 11.9 Å². The Balaban J connectivity index is 2.01. The highest BCUT2D eigenvalue weighted by Crippen LogP contribution is 2.34. The molecule has 4 nitrogen and oxygen atoms in total. The normalized spacial score (nSPS) is 11.7. The van der Waals surface area contributed by atoms with E-state index in [-0.39, 0.29) is 0 Å². The predicted molar refractivity (Wildman–Crippen MR) is 117 cm³/mol. The minimum absolute atomic E-state index is 0.438. The molecule has 0 heterocycles. The van der Waals surface area contributed by atoms with Crippen LogP contribution in [0, 0.1) is 0 Å². The summed E-state index contributed by atoms with van der Waals surface area (Å²) in [7, 11) is 1.66. The van der Waals surface area contributed by atoms with Gasteiger partial charge >= 0.3 is 0 Å². The van der Waals surface area contributed by atoms with E-state index < -0.39 is 0 Å². The first kappa shape index (κ1) is 22.1. The van der Waals surface area contributed by atoms with Gasteiger partial charge in [-0.3, -0.25) is 4.99 Å². The molecule has 0 aromatic heterocycles. The van der Waals surface area contributed by atoms with Crippen LogP contribution in [-0.2, 0) is 9.47 Å². The molecule has 0 aliphatic rings. The molecule has 0 radical (unpaired) electrons. The van der Waals surface area contributed by atoms with Crippen LogP contribution >= 0.6 is 0 Å². The fourth-order valence-corrected chi connectivity index (χ4v) is 2.91. The third-order valence-corrected chi connectivity index (χ3v) is 4.49. The molecule has 28 heavy (non-hydrogen) atoms. The molecular formula is C24H33NO3. The number of benzene rings is 2. The zero-order valence-corrected chi connectivity index (χ0v) is 17.8. The molecule has 0 fully saturated rings. The topological polar surface area (TPSA) is 40.0 Å². The standard InChI is InChI=1S/C24H33NO3/c1-18(2)22-7-6-8-23(19(3)4)24(22)25-17-20-9-11-21(12-10-20)28-16-15-27-14-13-26-5/h6-12,17-19H,13-16H2,1-5H3. The first-order chi connectivity index (χ1) is 13.5. The van der Waals surface area contributed by atoms with E-state index in [1.807, 2.05) is 30.5 Å². The number of hydrogen-bond acceptors (Lipinski definition) is 4. The zero-order chi connectivity index (χ0) is 20.4. The van der Waals surface area contributed by atoms with Crippen molar-refractivity contribution in [3.8, 4) is 5.75 Å². The molecule has 2 aromatic carbocycles. The Hall–Kier alpha value is -2.17. The van der Waals surface area contributed by atoms with Crippen LogP contribution in [0.3, 0.4) is 0 Å². The Morgan fingerprint density at radius 2 is 1.43 bits per heavy atom. The predicted octanol–water partition coefficient (Wildman–Crippen LogP) is 5.73. The third kappa shape index (κ3) is 6.77. The van der Waals surface area contributed by atoms with Gasteiger partial charge < -0.3 is 14.2 Å². The molecule has 0 amide bonds.